The maximum Gasteiger partial charge on any atom is 0.119 e. The lowest BCUT2D eigenvalue weighted by Crippen LogP contribution is -2.12. The van der Waals surface area contributed by atoms with Crippen molar-refractivity contribution < 1.29 is 9.84 Å². The highest BCUT2D eigenvalue weighted by molar-refractivity contribution is 7.17. The molecule has 4 heteroatoms. The normalized spacial score (nSPS) is 12.3. The lowest BCUT2D eigenvalue weighted by atomic mass is 10.1. The minimum atomic E-state index is -0.571. The van der Waals surface area contributed by atoms with Crippen LogP contribution >= 0.6 is 11.3 Å². The summed E-state index contributed by atoms with van der Waals surface area (Å²) in [6.07, 6.45) is -0.571. The summed E-state index contributed by atoms with van der Waals surface area (Å²) in [5.74, 6) is 0.756. The lowest BCUT2D eigenvalue weighted by Gasteiger charge is -2.14. The first-order chi connectivity index (χ1) is 10.3. The lowest BCUT2D eigenvalue weighted by molar-refractivity contribution is 0.191. The van der Waals surface area contributed by atoms with Gasteiger partial charge in [0.25, 0.3) is 0 Å². The smallest absolute Gasteiger partial charge is 0.119 e. The minimum absolute atomic E-state index is 0.461. The SMILES string of the molecule is COc1cccc(C(O)CNc2ccc3sccc3c2)c1. The molecular formula is C17H17NO2S. The van der Waals surface area contributed by atoms with E-state index >= 15 is 0 Å². The van der Waals surface area contributed by atoms with Crippen LogP contribution in [-0.4, -0.2) is 18.8 Å². The van der Waals surface area contributed by atoms with E-state index in [0.29, 0.717) is 6.54 Å². The molecule has 3 aromatic rings. The second-order valence-corrected chi connectivity index (χ2v) is 5.79. The fourth-order valence-electron chi connectivity index (χ4n) is 2.26. The summed E-state index contributed by atoms with van der Waals surface area (Å²) >= 11 is 1.73. The first-order valence-corrected chi connectivity index (χ1v) is 7.67. The van der Waals surface area contributed by atoms with Gasteiger partial charge in [-0.1, -0.05) is 12.1 Å². The number of hydrogen-bond donors (Lipinski definition) is 2. The van der Waals surface area contributed by atoms with Gasteiger partial charge in [-0.25, -0.2) is 0 Å². The van der Waals surface area contributed by atoms with Crippen molar-refractivity contribution >= 4 is 27.1 Å². The molecule has 0 aliphatic heterocycles. The molecule has 108 valence electrons. The zero-order chi connectivity index (χ0) is 14.7. The number of aliphatic hydroxyl groups excluding tert-OH is 1. The zero-order valence-electron chi connectivity index (χ0n) is 11.7. The molecule has 0 fully saturated rings. The molecule has 1 heterocycles. The molecule has 0 aliphatic rings. The quantitative estimate of drug-likeness (QED) is 0.746. The molecule has 0 saturated heterocycles. The van der Waals surface area contributed by atoms with E-state index in [2.05, 4.69) is 28.9 Å². The van der Waals surface area contributed by atoms with Crippen LogP contribution in [0.3, 0.4) is 0 Å². The first kappa shape index (κ1) is 13.9. The molecule has 1 atom stereocenters. The standard InChI is InChI=1S/C17H17NO2S/c1-20-15-4-2-3-12(10-15)16(19)11-18-14-5-6-17-13(9-14)7-8-21-17/h2-10,16,18-19H,11H2,1H3. The predicted octanol–water partition coefficient (Wildman–Crippen LogP) is 4.06. The van der Waals surface area contributed by atoms with Crippen LogP contribution in [0.1, 0.15) is 11.7 Å². The van der Waals surface area contributed by atoms with Crippen molar-refractivity contribution in [2.24, 2.45) is 0 Å². The summed E-state index contributed by atoms with van der Waals surface area (Å²) in [5, 5.41) is 16.8. The molecule has 2 aromatic carbocycles. The Bertz CT molecular complexity index is 738. The van der Waals surface area contributed by atoms with Crippen molar-refractivity contribution in [3.05, 3.63) is 59.5 Å². The van der Waals surface area contributed by atoms with Gasteiger partial charge >= 0.3 is 0 Å². The van der Waals surface area contributed by atoms with Gasteiger partial charge in [0.1, 0.15) is 5.75 Å². The molecule has 21 heavy (non-hydrogen) atoms. The van der Waals surface area contributed by atoms with Crippen LogP contribution in [0.15, 0.2) is 53.9 Å². The van der Waals surface area contributed by atoms with Gasteiger partial charge in [-0.15, -0.1) is 11.3 Å². The fourth-order valence-corrected chi connectivity index (χ4v) is 3.03. The van der Waals surface area contributed by atoms with E-state index in [4.69, 9.17) is 4.74 Å². The molecule has 0 spiro atoms. The number of thiophene rings is 1. The number of anilines is 1. The van der Waals surface area contributed by atoms with Gasteiger partial charge < -0.3 is 15.2 Å². The summed E-state index contributed by atoms with van der Waals surface area (Å²) in [5.41, 5.74) is 1.86. The Kier molecular flexibility index (Phi) is 4.08. The fraction of sp³-hybridized carbons (Fsp3) is 0.176. The van der Waals surface area contributed by atoms with Gasteiger partial charge in [-0.2, -0.15) is 0 Å². The molecule has 2 N–H and O–H groups in total. The molecule has 3 rings (SSSR count). The Morgan fingerprint density at radius 2 is 2.10 bits per heavy atom. The molecule has 0 radical (unpaired) electrons. The molecule has 1 unspecified atom stereocenters. The third kappa shape index (κ3) is 3.17. The van der Waals surface area contributed by atoms with Gasteiger partial charge in [0.15, 0.2) is 0 Å². The Morgan fingerprint density at radius 1 is 1.19 bits per heavy atom. The second-order valence-electron chi connectivity index (χ2n) is 4.85. The number of methoxy groups -OCH3 is 1. The summed E-state index contributed by atoms with van der Waals surface area (Å²) in [7, 11) is 1.62. The van der Waals surface area contributed by atoms with Crippen LogP contribution in [0.2, 0.25) is 0 Å². The summed E-state index contributed by atoms with van der Waals surface area (Å²) in [6.45, 7) is 0.461. The third-order valence-electron chi connectivity index (χ3n) is 3.43. The second kappa shape index (κ2) is 6.16. The van der Waals surface area contributed by atoms with Crippen LogP contribution in [0, 0.1) is 0 Å². The van der Waals surface area contributed by atoms with Crippen LogP contribution in [0.4, 0.5) is 5.69 Å². The topological polar surface area (TPSA) is 41.5 Å². The maximum atomic E-state index is 10.3. The van der Waals surface area contributed by atoms with Crippen molar-refractivity contribution in [1.29, 1.82) is 0 Å². The number of rotatable bonds is 5. The predicted molar refractivity (Wildman–Crippen MR) is 88.3 cm³/mol. The van der Waals surface area contributed by atoms with E-state index in [1.807, 2.05) is 30.3 Å². The van der Waals surface area contributed by atoms with Crippen molar-refractivity contribution in [2.75, 3.05) is 19.0 Å². The Labute approximate surface area is 127 Å². The molecule has 1 aromatic heterocycles. The summed E-state index contributed by atoms with van der Waals surface area (Å²) in [6, 6.07) is 15.8. The Balaban J connectivity index is 1.68. The van der Waals surface area contributed by atoms with E-state index in [0.717, 1.165) is 17.0 Å². The van der Waals surface area contributed by atoms with Crippen molar-refractivity contribution in [3.63, 3.8) is 0 Å². The third-order valence-corrected chi connectivity index (χ3v) is 4.33. The molecule has 3 nitrogen and oxygen atoms in total. The van der Waals surface area contributed by atoms with Gasteiger partial charge in [-0.05, 0) is 52.7 Å². The Hall–Kier alpha value is -2.04. The molecular weight excluding hydrogens is 282 g/mol. The first-order valence-electron chi connectivity index (χ1n) is 6.79. The molecule has 0 saturated carbocycles. The number of ether oxygens (including phenoxy) is 1. The number of benzene rings is 2. The van der Waals surface area contributed by atoms with Gasteiger partial charge in [0.2, 0.25) is 0 Å². The van der Waals surface area contributed by atoms with E-state index in [1.165, 1.54) is 10.1 Å². The van der Waals surface area contributed by atoms with Crippen LogP contribution in [0.5, 0.6) is 5.75 Å². The van der Waals surface area contributed by atoms with E-state index in [-0.39, 0.29) is 0 Å². The highest BCUT2D eigenvalue weighted by Crippen LogP contribution is 2.25. The van der Waals surface area contributed by atoms with E-state index < -0.39 is 6.10 Å². The van der Waals surface area contributed by atoms with Crippen molar-refractivity contribution in [3.8, 4) is 5.75 Å². The average Bonchev–Trinajstić information content (AvgIpc) is 3.00. The Morgan fingerprint density at radius 3 is 2.95 bits per heavy atom. The molecule has 0 aliphatic carbocycles. The highest BCUT2D eigenvalue weighted by Gasteiger charge is 2.08. The highest BCUT2D eigenvalue weighted by atomic mass is 32.1. The summed E-state index contributed by atoms with van der Waals surface area (Å²) < 4.78 is 6.45. The van der Waals surface area contributed by atoms with Crippen LogP contribution < -0.4 is 10.1 Å². The van der Waals surface area contributed by atoms with Crippen molar-refractivity contribution in [1.82, 2.24) is 0 Å². The molecule has 0 amide bonds. The van der Waals surface area contributed by atoms with Crippen molar-refractivity contribution in [2.45, 2.75) is 6.10 Å². The van der Waals surface area contributed by atoms with Gasteiger partial charge in [-0.3, -0.25) is 0 Å². The maximum absolute atomic E-state index is 10.3. The number of nitrogens with one attached hydrogen (secondary N) is 1. The van der Waals surface area contributed by atoms with E-state index in [1.54, 1.807) is 18.4 Å². The number of aliphatic hydroxyl groups is 1. The van der Waals surface area contributed by atoms with Gasteiger partial charge in [0.05, 0.1) is 13.2 Å². The van der Waals surface area contributed by atoms with Gasteiger partial charge in [0, 0.05) is 16.9 Å². The average molecular weight is 299 g/mol. The summed E-state index contributed by atoms with van der Waals surface area (Å²) in [4.78, 5) is 0. The zero-order valence-corrected chi connectivity index (χ0v) is 12.6. The molecule has 0 bridgehead atoms. The number of hydrogen-bond acceptors (Lipinski definition) is 4. The van der Waals surface area contributed by atoms with Crippen LogP contribution in [-0.2, 0) is 0 Å². The minimum Gasteiger partial charge on any atom is -0.497 e. The monoisotopic (exact) mass is 299 g/mol. The van der Waals surface area contributed by atoms with Crippen LogP contribution in [0.25, 0.3) is 10.1 Å². The van der Waals surface area contributed by atoms with E-state index in [9.17, 15) is 5.11 Å². The number of fused-ring (bicyclic) bond motifs is 1. The largest absolute Gasteiger partial charge is 0.497 e.